The number of anilines is 1. The van der Waals surface area contributed by atoms with Crippen molar-refractivity contribution >= 4 is 83.1 Å². The van der Waals surface area contributed by atoms with E-state index in [1.807, 2.05) is 40.7 Å². The van der Waals surface area contributed by atoms with Crippen molar-refractivity contribution in [2.24, 2.45) is 0 Å². The van der Waals surface area contributed by atoms with Crippen LogP contribution in [0.25, 0.3) is 20.2 Å². The predicted octanol–water partition coefficient (Wildman–Crippen LogP) is 7.65. The van der Waals surface area contributed by atoms with Crippen molar-refractivity contribution in [3.63, 3.8) is 0 Å². The zero-order chi connectivity index (χ0) is 25.2. The number of aromatic nitrogens is 2. The zero-order valence-corrected chi connectivity index (χ0v) is 22.6. The van der Waals surface area contributed by atoms with E-state index < -0.39 is 11.7 Å². The molecule has 0 saturated heterocycles. The van der Waals surface area contributed by atoms with Gasteiger partial charge in [-0.3, -0.25) is 5.32 Å². The molecule has 7 nitrogen and oxygen atoms in total. The highest BCUT2D eigenvalue weighted by molar-refractivity contribution is 7.23. The molecule has 0 aromatic carbocycles. The molecule has 180 valence electrons. The molecule has 1 N–H and O–H groups in total. The Hall–Kier alpha value is -2.46. The molecular formula is C23H23Cl2N3O4S2. The van der Waals surface area contributed by atoms with Gasteiger partial charge in [-0.1, -0.05) is 23.2 Å². The van der Waals surface area contributed by atoms with Crippen molar-refractivity contribution in [3.8, 4) is 0 Å². The Morgan fingerprint density at radius 3 is 1.94 bits per heavy atom. The van der Waals surface area contributed by atoms with Crippen molar-refractivity contribution in [1.29, 1.82) is 0 Å². The van der Waals surface area contributed by atoms with Gasteiger partial charge >= 0.3 is 12.1 Å². The number of nitrogens with zero attached hydrogens (tertiary/aromatic N) is 2. The highest BCUT2D eigenvalue weighted by atomic mass is 35.5. The van der Waals surface area contributed by atoms with Gasteiger partial charge in [0, 0.05) is 32.6 Å². The Morgan fingerprint density at radius 1 is 0.941 bits per heavy atom. The van der Waals surface area contributed by atoms with Gasteiger partial charge in [-0.2, -0.15) is 0 Å². The summed E-state index contributed by atoms with van der Waals surface area (Å²) in [6.07, 6.45) is 2.95. The van der Waals surface area contributed by atoms with Crippen molar-refractivity contribution in [2.75, 3.05) is 12.4 Å². The Kier molecular flexibility index (Phi) is 8.02. The molecule has 0 aliphatic rings. The molecule has 4 aromatic heterocycles. The molecule has 4 rings (SSSR count). The van der Waals surface area contributed by atoms with Gasteiger partial charge in [0.25, 0.3) is 0 Å². The topological polar surface area (TPSA) is 90.4 Å². The van der Waals surface area contributed by atoms with E-state index in [1.165, 1.54) is 29.8 Å². The minimum atomic E-state index is -0.518. The maximum atomic E-state index is 11.7. The SMILES string of the molecule is COC(=O)c1cc2c(Cl)ncc(C)c2s1.Cc1cnc(Cl)c2cc(NC(=O)OC(C)(C)C)sc12. The van der Waals surface area contributed by atoms with E-state index in [4.69, 9.17) is 27.9 Å². The maximum absolute atomic E-state index is 11.7. The second kappa shape index (κ2) is 10.4. The number of ether oxygens (including phenoxy) is 2. The van der Waals surface area contributed by atoms with Crippen molar-refractivity contribution < 1.29 is 19.1 Å². The summed E-state index contributed by atoms with van der Waals surface area (Å²) in [5.41, 5.74) is 1.52. The van der Waals surface area contributed by atoms with E-state index in [9.17, 15) is 9.59 Å². The molecule has 0 atom stereocenters. The first-order chi connectivity index (χ1) is 15.9. The Labute approximate surface area is 215 Å². The highest BCUT2D eigenvalue weighted by Crippen LogP contribution is 2.35. The third-order valence-corrected chi connectivity index (χ3v) is 7.42. The molecule has 0 aliphatic carbocycles. The quantitative estimate of drug-likeness (QED) is 0.207. The van der Waals surface area contributed by atoms with Crippen LogP contribution in [0.3, 0.4) is 0 Å². The minimum absolute atomic E-state index is 0.341. The molecule has 0 bridgehead atoms. The number of fused-ring (bicyclic) bond motifs is 2. The number of amides is 1. The third-order valence-electron chi connectivity index (χ3n) is 4.38. The molecule has 0 fully saturated rings. The molecule has 0 unspecified atom stereocenters. The lowest BCUT2D eigenvalue weighted by molar-refractivity contribution is 0.0603. The van der Waals surface area contributed by atoms with E-state index in [2.05, 4.69) is 20.0 Å². The van der Waals surface area contributed by atoms with Crippen LogP contribution in [0.4, 0.5) is 9.80 Å². The molecule has 0 saturated carbocycles. The first-order valence-corrected chi connectivity index (χ1v) is 12.5. The summed E-state index contributed by atoms with van der Waals surface area (Å²) in [5, 5.41) is 5.92. The number of halogens is 2. The Morgan fingerprint density at radius 2 is 1.47 bits per heavy atom. The standard InChI is InChI=1S/C13H15ClN2O2S.C10H8ClNO2S/c1-7-6-15-11(14)8-5-9(19-10(7)8)16-12(17)18-13(2,3)4;1-5-4-12-9(11)6-3-7(10(13)14-2)15-8(5)6/h5-6H,1-4H3,(H,16,17);3-4H,1-2H3. The number of methoxy groups -OCH3 is 1. The van der Waals surface area contributed by atoms with Crippen LogP contribution in [0.1, 0.15) is 41.6 Å². The molecule has 0 radical (unpaired) electrons. The number of hydrogen-bond acceptors (Lipinski definition) is 8. The summed E-state index contributed by atoms with van der Waals surface area (Å²) in [6.45, 7) is 9.36. The van der Waals surface area contributed by atoms with Gasteiger partial charge in [-0.15, -0.1) is 22.7 Å². The maximum Gasteiger partial charge on any atom is 0.412 e. The number of rotatable bonds is 2. The van der Waals surface area contributed by atoms with Crippen LogP contribution in [-0.4, -0.2) is 34.7 Å². The van der Waals surface area contributed by atoms with Gasteiger partial charge in [-0.05, 0) is 57.9 Å². The van der Waals surface area contributed by atoms with Crippen LogP contribution < -0.4 is 5.32 Å². The minimum Gasteiger partial charge on any atom is -0.465 e. The number of hydrogen-bond donors (Lipinski definition) is 1. The lowest BCUT2D eigenvalue weighted by Gasteiger charge is -2.19. The van der Waals surface area contributed by atoms with Crippen LogP contribution in [0.5, 0.6) is 0 Å². The van der Waals surface area contributed by atoms with Gasteiger partial charge in [-0.25, -0.2) is 19.6 Å². The normalized spacial score (nSPS) is 11.2. The first kappa shape index (κ1) is 26.2. The van der Waals surface area contributed by atoms with E-state index in [0.29, 0.717) is 20.2 Å². The molecule has 4 heterocycles. The fourth-order valence-electron chi connectivity index (χ4n) is 2.90. The van der Waals surface area contributed by atoms with Crippen molar-refractivity contribution in [2.45, 2.75) is 40.2 Å². The van der Waals surface area contributed by atoms with Gasteiger partial charge < -0.3 is 9.47 Å². The lowest BCUT2D eigenvalue weighted by atomic mass is 10.2. The van der Waals surface area contributed by atoms with Gasteiger partial charge in [0.15, 0.2) is 0 Å². The fraction of sp³-hybridized carbons (Fsp3) is 0.304. The monoisotopic (exact) mass is 539 g/mol. The number of carbonyl (C=O) groups excluding carboxylic acids is 2. The summed E-state index contributed by atoms with van der Waals surface area (Å²) in [4.78, 5) is 31.7. The molecular weight excluding hydrogens is 517 g/mol. The van der Waals surface area contributed by atoms with E-state index in [-0.39, 0.29) is 5.97 Å². The molecule has 34 heavy (non-hydrogen) atoms. The van der Waals surface area contributed by atoms with Crippen LogP contribution in [0, 0.1) is 13.8 Å². The van der Waals surface area contributed by atoms with Gasteiger partial charge in [0.1, 0.15) is 20.8 Å². The largest absolute Gasteiger partial charge is 0.465 e. The molecule has 0 aliphatic heterocycles. The van der Waals surface area contributed by atoms with Crippen LogP contribution >= 0.6 is 45.9 Å². The number of pyridine rings is 2. The van der Waals surface area contributed by atoms with Crippen LogP contribution in [0.15, 0.2) is 24.5 Å². The predicted molar refractivity (Wildman–Crippen MR) is 140 cm³/mol. The van der Waals surface area contributed by atoms with E-state index in [1.54, 1.807) is 18.5 Å². The third kappa shape index (κ3) is 6.15. The summed E-state index contributed by atoms with van der Waals surface area (Å²) in [7, 11) is 1.36. The number of aryl methyl sites for hydroxylation is 2. The first-order valence-electron chi connectivity index (χ1n) is 10.1. The molecule has 4 aromatic rings. The second-order valence-electron chi connectivity index (χ2n) is 8.29. The zero-order valence-electron chi connectivity index (χ0n) is 19.4. The van der Waals surface area contributed by atoms with E-state index in [0.717, 1.165) is 31.3 Å². The van der Waals surface area contributed by atoms with E-state index >= 15 is 0 Å². The molecule has 11 heteroatoms. The Balaban J connectivity index is 0.000000196. The van der Waals surface area contributed by atoms with Gasteiger partial charge in [0.05, 0.1) is 12.1 Å². The number of esters is 1. The lowest BCUT2D eigenvalue weighted by Crippen LogP contribution is -2.26. The fourth-order valence-corrected chi connectivity index (χ4v) is 5.47. The summed E-state index contributed by atoms with van der Waals surface area (Å²) in [5.74, 6) is -0.341. The van der Waals surface area contributed by atoms with Crippen molar-refractivity contribution in [1.82, 2.24) is 9.97 Å². The summed E-state index contributed by atoms with van der Waals surface area (Å²) >= 11 is 14.8. The summed E-state index contributed by atoms with van der Waals surface area (Å²) < 4.78 is 11.9. The smallest absolute Gasteiger partial charge is 0.412 e. The van der Waals surface area contributed by atoms with Crippen molar-refractivity contribution in [3.05, 3.63) is 50.8 Å². The number of nitrogens with one attached hydrogen (secondary N) is 1. The van der Waals surface area contributed by atoms with Crippen LogP contribution in [-0.2, 0) is 9.47 Å². The molecule has 0 spiro atoms. The average molecular weight is 540 g/mol. The highest BCUT2D eigenvalue weighted by Gasteiger charge is 2.18. The number of carbonyl (C=O) groups is 2. The van der Waals surface area contributed by atoms with Gasteiger partial charge in [0.2, 0.25) is 0 Å². The molecule has 1 amide bonds. The number of thiophene rings is 2. The van der Waals surface area contributed by atoms with Crippen LogP contribution in [0.2, 0.25) is 10.3 Å². The second-order valence-corrected chi connectivity index (χ2v) is 11.1. The Bertz CT molecular complexity index is 1300. The summed E-state index contributed by atoms with van der Waals surface area (Å²) in [6, 6.07) is 3.53. The average Bonchev–Trinajstić information content (AvgIpc) is 3.38.